The molecule has 1 fully saturated rings. The molecule has 0 bridgehead atoms. The van der Waals surface area contributed by atoms with Crippen LogP contribution in [0.15, 0.2) is 65.1 Å². The highest BCUT2D eigenvalue weighted by molar-refractivity contribution is 9.10. The summed E-state index contributed by atoms with van der Waals surface area (Å²) in [5, 5.41) is 4.47. The first-order valence-electron chi connectivity index (χ1n) is 8.59. The third-order valence-corrected chi connectivity index (χ3v) is 5.32. The Morgan fingerprint density at radius 3 is 2.50 bits per heavy atom. The third kappa shape index (κ3) is 3.48. The Balaban J connectivity index is 1.49. The number of rotatable bonds is 4. The van der Waals surface area contributed by atoms with Crippen molar-refractivity contribution in [2.45, 2.75) is 6.54 Å². The molecular weight excluding hydrogens is 424 g/mol. The lowest BCUT2D eigenvalue weighted by molar-refractivity contribution is -0.125. The van der Waals surface area contributed by atoms with E-state index in [1.165, 1.54) is 0 Å². The summed E-state index contributed by atoms with van der Waals surface area (Å²) in [5.41, 5.74) is 1.12. The number of nitrogens with zero attached hydrogens (tertiary/aromatic N) is 1. The van der Waals surface area contributed by atoms with Crippen LogP contribution in [0.25, 0.3) is 10.8 Å². The molecule has 0 aliphatic carbocycles. The molecule has 0 atom stereocenters. The highest BCUT2D eigenvalue weighted by Gasteiger charge is 2.28. The fraction of sp³-hybridized carbons (Fsp3) is 0.0952. The van der Waals surface area contributed by atoms with Crippen molar-refractivity contribution in [3.8, 4) is 5.75 Å². The molecule has 0 spiro atoms. The van der Waals surface area contributed by atoms with Gasteiger partial charge in [0, 0.05) is 0 Å². The molecule has 140 valence electrons. The SMILES string of the molecule is O=C(Oc1ccc2ccccc2c1Br)c1ccc(CN2C(=O)CNC2=O)cc1. The van der Waals surface area contributed by atoms with E-state index in [4.69, 9.17) is 4.74 Å². The van der Waals surface area contributed by atoms with E-state index in [9.17, 15) is 14.4 Å². The molecule has 0 saturated carbocycles. The molecule has 7 heteroatoms. The van der Waals surface area contributed by atoms with Crippen LogP contribution in [0.5, 0.6) is 5.75 Å². The molecule has 0 radical (unpaired) electrons. The quantitative estimate of drug-likeness (QED) is 0.381. The van der Waals surface area contributed by atoms with Gasteiger partial charge < -0.3 is 10.1 Å². The molecule has 1 heterocycles. The normalized spacial score (nSPS) is 13.7. The summed E-state index contributed by atoms with van der Waals surface area (Å²) in [4.78, 5) is 36.9. The molecule has 3 aromatic rings. The van der Waals surface area contributed by atoms with E-state index in [0.717, 1.165) is 21.2 Å². The summed E-state index contributed by atoms with van der Waals surface area (Å²) in [6.07, 6.45) is 0. The minimum absolute atomic E-state index is 0.0177. The largest absolute Gasteiger partial charge is 0.422 e. The van der Waals surface area contributed by atoms with Gasteiger partial charge in [0.15, 0.2) is 0 Å². The van der Waals surface area contributed by atoms with Gasteiger partial charge in [-0.25, -0.2) is 9.59 Å². The van der Waals surface area contributed by atoms with Gasteiger partial charge in [0.1, 0.15) is 5.75 Å². The van der Waals surface area contributed by atoms with E-state index >= 15 is 0 Å². The Labute approximate surface area is 169 Å². The number of urea groups is 1. The fourth-order valence-corrected chi connectivity index (χ4v) is 3.57. The molecule has 1 aliphatic rings. The molecule has 0 unspecified atom stereocenters. The molecule has 1 saturated heterocycles. The summed E-state index contributed by atoms with van der Waals surface area (Å²) < 4.78 is 6.25. The van der Waals surface area contributed by atoms with Gasteiger partial charge in [0.25, 0.3) is 0 Å². The zero-order valence-electron chi connectivity index (χ0n) is 14.6. The Morgan fingerprint density at radius 1 is 1.04 bits per heavy atom. The standard InChI is InChI=1S/C21H15BrN2O4/c22-19-16-4-2-1-3-14(16)9-10-17(19)28-20(26)15-7-5-13(6-8-15)12-24-18(25)11-23-21(24)27/h1-10H,11-12H2,(H,23,27). The number of ether oxygens (including phenoxy) is 1. The van der Waals surface area contributed by atoms with Crippen molar-refractivity contribution in [1.82, 2.24) is 10.2 Å². The van der Waals surface area contributed by atoms with Crippen LogP contribution in [0.3, 0.4) is 0 Å². The number of imide groups is 1. The number of carbonyl (C=O) groups excluding carboxylic acids is 3. The smallest absolute Gasteiger partial charge is 0.343 e. The Kier molecular flexibility index (Phi) is 4.83. The minimum atomic E-state index is -0.488. The predicted octanol–water partition coefficient (Wildman–Crippen LogP) is 3.87. The number of amides is 3. The topological polar surface area (TPSA) is 75.7 Å². The average molecular weight is 439 g/mol. The highest BCUT2D eigenvalue weighted by atomic mass is 79.9. The van der Waals surface area contributed by atoms with Gasteiger partial charge in [0.05, 0.1) is 23.1 Å². The summed E-state index contributed by atoms with van der Waals surface area (Å²) in [5.74, 6) is -0.320. The summed E-state index contributed by atoms with van der Waals surface area (Å²) in [6, 6.07) is 17.7. The van der Waals surface area contributed by atoms with E-state index in [1.807, 2.05) is 30.3 Å². The van der Waals surface area contributed by atoms with Crippen LogP contribution < -0.4 is 10.1 Å². The Hall–Kier alpha value is -3.19. The van der Waals surface area contributed by atoms with Gasteiger partial charge in [-0.2, -0.15) is 0 Å². The monoisotopic (exact) mass is 438 g/mol. The maximum absolute atomic E-state index is 12.5. The van der Waals surface area contributed by atoms with Gasteiger partial charge in [-0.05, 0) is 50.5 Å². The number of fused-ring (bicyclic) bond motifs is 1. The van der Waals surface area contributed by atoms with E-state index in [1.54, 1.807) is 30.3 Å². The number of nitrogens with one attached hydrogen (secondary N) is 1. The van der Waals surface area contributed by atoms with Gasteiger partial charge >= 0.3 is 12.0 Å². The van der Waals surface area contributed by atoms with E-state index < -0.39 is 12.0 Å². The van der Waals surface area contributed by atoms with E-state index in [-0.39, 0.29) is 19.0 Å². The number of hydrogen-bond donors (Lipinski definition) is 1. The second kappa shape index (κ2) is 7.44. The van der Waals surface area contributed by atoms with Gasteiger partial charge in [0.2, 0.25) is 5.91 Å². The van der Waals surface area contributed by atoms with E-state index in [2.05, 4.69) is 21.2 Å². The average Bonchev–Trinajstić information content (AvgIpc) is 3.03. The summed E-state index contributed by atoms with van der Waals surface area (Å²) >= 11 is 3.50. The van der Waals surface area contributed by atoms with E-state index in [0.29, 0.717) is 15.8 Å². The second-order valence-corrected chi connectivity index (χ2v) is 7.12. The fourth-order valence-electron chi connectivity index (χ4n) is 3.00. The van der Waals surface area contributed by atoms with Crippen LogP contribution in [0.1, 0.15) is 15.9 Å². The zero-order chi connectivity index (χ0) is 19.7. The van der Waals surface area contributed by atoms with Crippen molar-refractivity contribution in [3.05, 3.63) is 76.3 Å². The van der Waals surface area contributed by atoms with Crippen LogP contribution in [-0.2, 0) is 11.3 Å². The van der Waals surface area contributed by atoms with Crippen molar-refractivity contribution >= 4 is 44.6 Å². The molecular formula is C21H15BrN2O4. The lowest BCUT2D eigenvalue weighted by Crippen LogP contribution is -2.30. The van der Waals surface area contributed by atoms with Crippen LogP contribution in [0.4, 0.5) is 4.79 Å². The molecule has 1 aliphatic heterocycles. The highest BCUT2D eigenvalue weighted by Crippen LogP contribution is 2.33. The lowest BCUT2D eigenvalue weighted by Gasteiger charge is -2.13. The van der Waals surface area contributed by atoms with Crippen LogP contribution >= 0.6 is 15.9 Å². The van der Waals surface area contributed by atoms with Gasteiger partial charge in [-0.15, -0.1) is 0 Å². The predicted molar refractivity (Wildman–Crippen MR) is 107 cm³/mol. The van der Waals surface area contributed by atoms with Crippen molar-refractivity contribution in [2.75, 3.05) is 6.54 Å². The molecule has 28 heavy (non-hydrogen) atoms. The number of benzene rings is 3. The Bertz CT molecular complexity index is 1080. The molecule has 3 aromatic carbocycles. The Morgan fingerprint density at radius 2 is 1.79 bits per heavy atom. The number of hydrogen-bond acceptors (Lipinski definition) is 4. The first-order valence-corrected chi connectivity index (χ1v) is 9.39. The second-order valence-electron chi connectivity index (χ2n) is 6.32. The molecule has 0 aromatic heterocycles. The van der Waals surface area contributed by atoms with Crippen molar-refractivity contribution in [3.63, 3.8) is 0 Å². The first kappa shape index (κ1) is 18.2. The van der Waals surface area contributed by atoms with Crippen molar-refractivity contribution < 1.29 is 19.1 Å². The van der Waals surface area contributed by atoms with Crippen LogP contribution in [-0.4, -0.2) is 29.4 Å². The maximum atomic E-state index is 12.5. The lowest BCUT2D eigenvalue weighted by atomic mass is 10.1. The van der Waals surface area contributed by atoms with Crippen LogP contribution in [0, 0.1) is 0 Å². The minimum Gasteiger partial charge on any atom is -0.422 e. The van der Waals surface area contributed by atoms with Crippen LogP contribution in [0.2, 0.25) is 0 Å². The molecule has 1 N–H and O–H groups in total. The van der Waals surface area contributed by atoms with Gasteiger partial charge in [-0.3, -0.25) is 9.69 Å². The third-order valence-electron chi connectivity index (χ3n) is 4.50. The summed E-state index contributed by atoms with van der Waals surface area (Å²) in [6.45, 7) is 0.181. The van der Waals surface area contributed by atoms with Gasteiger partial charge in [-0.1, -0.05) is 42.5 Å². The van der Waals surface area contributed by atoms with Crippen molar-refractivity contribution in [2.24, 2.45) is 0 Å². The summed E-state index contributed by atoms with van der Waals surface area (Å²) in [7, 11) is 0. The van der Waals surface area contributed by atoms with Crippen molar-refractivity contribution in [1.29, 1.82) is 0 Å². The maximum Gasteiger partial charge on any atom is 0.343 e. The molecule has 3 amide bonds. The first-order chi connectivity index (χ1) is 13.5. The number of carbonyl (C=O) groups is 3. The molecule has 4 rings (SSSR count). The number of halogens is 1. The number of esters is 1. The molecule has 6 nitrogen and oxygen atoms in total. The zero-order valence-corrected chi connectivity index (χ0v) is 16.2.